The molecule has 0 amide bonds. The van der Waals surface area contributed by atoms with E-state index in [1.165, 1.54) is 6.07 Å². The van der Waals surface area contributed by atoms with Gasteiger partial charge in [0, 0.05) is 6.54 Å². The maximum absolute atomic E-state index is 12.0. The van der Waals surface area contributed by atoms with E-state index in [2.05, 4.69) is 5.32 Å². The molecule has 0 aromatic heterocycles. The molecule has 0 heterocycles. The second kappa shape index (κ2) is 5.86. The van der Waals surface area contributed by atoms with Crippen LogP contribution in [-0.2, 0) is 0 Å². The molecule has 0 rings (SSSR count). The fraction of sp³-hybridized carbons (Fsp3) is 0.889. The fourth-order valence-electron chi connectivity index (χ4n) is 0.872. The summed E-state index contributed by atoms with van der Waals surface area (Å²) in [6, 6.07) is 1.24. The largest absolute Gasteiger partial charge is 0.405 e. The maximum Gasteiger partial charge on any atom is 0.405 e. The molecule has 0 aromatic carbocycles. The summed E-state index contributed by atoms with van der Waals surface area (Å²) in [4.78, 5) is 0. The quantitative estimate of drug-likeness (QED) is 0.704. The Morgan fingerprint density at radius 1 is 1.36 bits per heavy atom. The van der Waals surface area contributed by atoms with Gasteiger partial charge >= 0.3 is 6.18 Å². The van der Waals surface area contributed by atoms with E-state index in [4.69, 9.17) is 5.26 Å². The van der Waals surface area contributed by atoms with E-state index in [0.717, 1.165) is 6.42 Å². The Kier molecular flexibility index (Phi) is 5.55. The second-order valence-electron chi connectivity index (χ2n) is 3.61. The van der Waals surface area contributed by atoms with Crippen LogP contribution in [0.4, 0.5) is 13.2 Å². The molecule has 0 bridgehead atoms. The van der Waals surface area contributed by atoms with Crippen molar-refractivity contribution in [3.05, 3.63) is 0 Å². The molecule has 82 valence electrons. The van der Waals surface area contributed by atoms with Crippen molar-refractivity contribution in [1.29, 1.82) is 5.26 Å². The van der Waals surface area contributed by atoms with Gasteiger partial charge in [0.15, 0.2) is 5.92 Å². The third kappa shape index (κ3) is 5.81. The van der Waals surface area contributed by atoms with E-state index in [0.29, 0.717) is 12.5 Å². The van der Waals surface area contributed by atoms with Crippen LogP contribution in [0.2, 0.25) is 0 Å². The predicted molar refractivity (Wildman–Crippen MR) is 47.5 cm³/mol. The Morgan fingerprint density at radius 2 is 1.93 bits per heavy atom. The van der Waals surface area contributed by atoms with Crippen LogP contribution in [0.15, 0.2) is 0 Å². The van der Waals surface area contributed by atoms with Crippen molar-refractivity contribution in [2.24, 2.45) is 11.8 Å². The minimum Gasteiger partial charge on any atom is -0.315 e. The number of halogens is 3. The fourth-order valence-corrected chi connectivity index (χ4v) is 0.872. The van der Waals surface area contributed by atoms with E-state index in [-0.39, 0.29) is 6.54 Å². The monoisotopic (exact) mass is 208 g/mol. The Labute approximate surface area is 82.1 Å². The Morgan fingerprint density at radius 3 is 2.29 bits per heavy atom. The Balaban J connectivity index is 3.72. The van der Waals surface area contributed by atoms with Crippen LogP contribution < -0.4 is 5.32 Å². The third-order valence-electron chi connectivity index (χ3n) is 1.80. The van der Waals surface area contributed by atoms with Gasteiger partial charge < -0.3 is 5.32 Å². The lowest BCUT2D eigenvalue weighted by molar-refractivity contribution is -0.157. The highest BCUT2D eigenvalue weighted by Crippen LogP contribution is 2.24. The first-order valence-corrected chi connectivity index (χ1v) is 4.55. The highest BCUT2D eigenvalue weighted by molar-refractivity contribution is 4.89. The predicted octanol–water partition coefficient (Wildman–Crippen LogP) is 2.32. The van der Waals surface area contributed by atoms with Gasteiger partial charge in [0.2, 0.25) is 0 Å². The van der Waals surface area contributed by atoms with Gasteiger partial charge in [-0.1, -0.05) is 13.8 Å². The van der Waals surface area contributed by atoms with Gasteiger partial charge in [0.05, 0.1) is 6.07 Å². The minimum atomic E-state index is -4.42. The molecule has 0 saturated heterocycles. The molecule has 0 aliphatic rings. The molecule has 0 fully saturated rings. The standard InChI is InChI=1S/C9H15F3N2/c1-7(2)3-4-14-6-8(5-13)9(10,11)12/h7-8,14H,3-4,6H2,1-2H3. The van der Waals surface area contributed by atoms with E-state index in [1.54, 1.807) is 0 Å². The third-order valence-corrected chi connectivity index (χ3v) is 1.80. The smallest absolute Gasteiger partial charge is 0.315 e. The zero-order valence-corrected chi connectivity index (χ0v) is 8.36. The number of hydrogen-bond donors (Lipinski definition) is 1. The summed E-state index contributed by atoms with van der Waals surface area (Å²) in [5.74, 6) is -1.44. The summed E-state index contributed by atoms with van der Waals surface area (Å²) >= 11 is 0. The van der Waals surface area contributed by atoms with Gasteiger partial charge in [0.25, 0.3) is 0 Å². The van der Waals surface area contributed by atoms with Gasteiger partial charge in [-0.2, -0.15) is 18.4 Å². The zero-order valence-electron chi connectivity index (χ0n) is 8.36. The van der Waals surface area contributed by atoms with Crippen LogP contribution in [0, 0.1) is 23.2 Å². The molecule has 0 saturated carbocycles. The van der Waals surface area contributed by atoms with Crippen molar-refractivity contribution in [3.8, 4) is 6.07 Å². The van der Waals surface area contributed by atoms with Crippen molar-refractivity contribution in [3.63, 3.8) is 0 Å². The highest BCUT2D eigenvalue weighted by atomic mass is 19.4. The number of rotatable bonds is 5. The Bertz CT molecular complexity index is 193. The van der Waals surface area contributed by atoms with Crippen LogP contribution in [0.5, 0.6) is 0 Å². The second-order valence-corrected chi connectivity index (χ2v) is 3.61. The highest BCUT2D eigenvalue weighted by Gasteiger charge is 2.39. The number of nitriles is 1. The van der Waals surface area contributed by atoms with Gasteiger partial charge in [-0.3, -0.25) is 0 Å². The lowest BCUT2D eigenvalue weighted by Gasteiger charge is -2.14. The topological polar surface area (TPSA) is 35.8 Å². The van der Waals surface area contributed by atoms with Crippen LogP contribution in [0.25, 0.3) is 0 Å². The van der Waals surface area contributed by atoms with E-state index in [1.807, 2.05) is 13.8 Å². The molecule has 0 spiro atoms. The summed E-state index contributed by atoms with van der Waals surface area (Å²) < 4.78 is 36.1. The van der Waals surface area contributed by atoms with Gasteiger partial charge in [0.1, 0.15) is 0 Å². The molecule has 14 heavy (non-hydrogen) atoms. The zero-order chi connectivity index (χ0) is 11.2. The molecule has 1 unspecified atom stereocenters. The lowest BCUT2D eigenvalue weighted by Crippen LogP contribution is -2.33. The molecule has 0 aliphatic carbocycles. The molecule has 0 aromatic rings. The van der Waals surface area contributed by atoms with E-state index in [9.17, 15) is 13.2 Å². The molecule has 0 aliphatic heterocycles. The summed E-state index contributed by atoms with van der Waals surface area (Å²) in [5, 5.41) is 10.9. The minimum absolute atomic E-state index is 0.313. The van der Waals surface area contributed by atoms with Crippen molar-refractivity contribution in [2.75, 3.05) is 13.1 Å². The first kappa shape index (κ1) is 13.2. The summed E-state index contributed by atoms with van der Waals surface area (Å²) in [7, 11) is 0. The van der Waals surface area contributed by atoms with E-state index < -0.39 is 12.1 Å². The molecule has 1 N–H and O–H groups in total. The summed E-state index contributed by atoms with van der Waals surface area (Å²) in [5.41, 5.74) is 0. The molecule has 2 nitrogen and oxygen atoms in total. The average molecular weight is 208 g/mol. The average Bonchev–Trinajstić information content (AvgIpc) is 2.01. The number of nitrogens with one attached hydrogen (secondary N) is 1. The SMILES string of the molecule is CC(C)CCNCC(C#N)C(F)(F)F. The molecule has 1 atom stereocenters. The van der Waals surface area contributed by atoms with Gasteiger partial charge in [-0.15, -0.1) is 0 Å². The van der Waals surface area contributed by atoms with Crippen LogP contribution >= 0.6 is 0 Å². The van der Waals surface area contributed by atoms with Gasteiger partial charge in [-0.25, -0.2) is 0 Å². The maximum atomic E-state index is 12.0. The van der Waals surface area contributed by atoms with E-state index >= 15 is 0 Å². The number of alkyl halides is 3. The van der Waals surface area contributed by atoms with Crippen molar-refractivity contribution < 1.29 is 13.2 Å². The lowest BCUT2D eigenvalue weighted by atomic mass is 10.1. The molecule has 5 heteroatoms. The van der Waals surface area contributed by atoms with Crippen LogP contribution in [0.1, 0.15) is 20.3 Å². The Hall–Kier alpha value is -0.760. The molecular formula is C9H15F3N2. The van der Waals surface area contributed by atoms with Crippen LogP contribution in [-0.4, -0.2) is 19.3 Å². The van der Waals surface area contributed by atoms with Crippen molar-refractivity contribution >= 4 is 0 Å². The van der Waals surface area contributed by atoms with Crippen LogP contribution in [0.3, 0.4) is 0 Å². The first-order valence-electron chi connectivity index (χ1n) is 4.55. The molecular weight excluding hydrogens is 193 g/mol. The normalized spacial score (nSPS) is 14.1. The van der Waals surface area contributed by atoms with Gasteiger partial charge in [-0.05, 0) is 18.9 Å². The summed E-state index contributed by atoms with van der Waals surface area (Å²) in [6.07, 6.45) is -3.60. The van der Waals surface area contributed by atoms with Crippen molar-refractivity contribution in [1.82, 2.24) is 5.32 Å². The molecule has 0 radical (unpaired) electrons. The number of hydrogen-bond acceptors (Lipinski definition) is 2. The summed E-state index contributed by atoms with van der Waals surface area (Å²) in [6.45, 7) is 4.19. The number of nitrogens with zero attached hydrogens (tertiary/aromatic N) is 1. The first-order chi connectivity index (χ1) is 6.38. The van der Waals surface area contributed by atoms with Crippen molar-refractivity contribution in [2.45, 2.75) is 26.4 Å².